The Labute approximate surface area is 212 Å². The van der Waals surface area contributed by atoms with Crippen LogP contribution in [0, 0.1) is 13.8 Å². The summed E-state index contributed by atoms with van der Waals surface area (Å²) in [6.45, 7) is 3.48. The first-order valence-corrected chi connectivity index (χ1v) is 11.4. The van der Waals surface area contributed by atoms with Crippen molar-refractivity contribution in [3.63, 3.8) is 0 Å². The van der Waals surface area contributed by atoms with Crippen molar-refractivity contribution in [2.75, 3.05) is 16.0 Å². The molecule has 10 heteroatoms. The number of hydrogen-bond acceptors (Lipinski definition) is 9. The molecule has 4 aromatic rings. The van der Waals surface area contributed by atoms with E-state index < -0.39 is 17.8 Å². The van der Waals surface area contributed by atoms with E-state index in [1.54, 1.807) is 12.1 Å². The Kier molecular flexibility index (Phi) is 6.06. The van der Waals surface area contributed by atoms with Crippen molar-refractivity contribution in [3.8, 4) is 0 Å². The van der Waals surface area contributed by atoms with Crippen LogP contribution >= 0.6 is 0 Å². The highest BCUT2D eigenvalue weighted by atomic mass is 16.5. The molecule has 2 amide bonds. The second-order valence-corrected chi connectivity index (χ2v) is 8.44. The summed E-state index contributed by atoms with van der Waals surface area (Å²) in [6, 6.07) is 19.0. The SMILES string of the molecule is Cc1ccccc1Nc1nc(N)nc(COC(=O)c2ccc3c(c2)C(=O)N(c2ccccc2C)C3=O)n1. The zero-order chi connectivity index (χ0) is 26.1. The van der Waals surface area contributed by atoms with Crippen LogP contribution in [-0.4, -0.2) is 32.7 Å². The van der Waals surface area contributed by atoms with Gasteiger partial charge in [0.25, 0.3) is 11.8 Å². The number of amides is 2. The van der Waals surface area contributed by atoms with E-state index in [4.69, 9.17) is 10.5 Å². The van der Waals surface area contributed by atoms with E-state index in [1.165, 1.54) is 18.2 Å². The predicted molar refractivity (Wildman–Crippen MR) is 137 cm³/mol. The van der Waals surface area contributed by atoms with Crippen LogP contribution in [0.3, 0.4) is 0 Å². The fourth-order valence-corrected chi connectivity index (χ4v) is 4.01. The number of aromatic nitrogens is 3. The molecule has 184 valence electrons. The summed E-state index contributed by atoms with van der Waals surface area (Å²) in [5.74, 6) is -1.31. The lowest BCUT2D eigenvalue weighted by Crippen LogP contribution is -2.29. The summed E-state index contributed by atoms with van der Waals surface area (Å²) < 4.78 is 5.37. The number of para-hydroxylation sites is 2. The molecule has 37 heavy (non-hydrogen) atoms. The third kappa shape index (κ3) is 4.59. The van der Waals surface area contributed by atoms with Crippen LogP contribution in [0.5, 0.6) is 0 Å². The van der Waals surface area contributed by atoms with E-state index in [2.05, 4.69) is 20.3 Å². The minimum absolute atomic E-state index is 0.0323. The number of carbonyl (C=O) groups excluding carboxylic acids is 3. The Morgan fingerprint density at radius 1 is 0.892 bits per heavy atom. The topological polar surface area (TPSA) is 140 Å². The van der Waals surface area contributed by atoms with Gasteiger partial charge in [0, 0.05) is 5.69 Å². The van der Waals surface area contributed by atoms with E-state index in [0.717, 1.165) is 21.7 Å². The van der Waals surface area contributed by atoms with Gasteiger partial charge >= 0.3 is 5.97 Å². The molecule has 0 aliphatic carbocycles. The standard InChI is InChI=1S/C27H22N6O4/c1-15-7-3-5-9-20(15)29-27-31-22(30-26(28)32-27)14-37-25(36)17-11-12-18-19(13-17)24(35)33(23(18)34)21-10-6-4-8-16(21)2/h3-13H,14H2,1-2H3,(H3,28,29,30,31,32). The number of nitrogens with zero attached hydrogens (tertiary/aromatic N) is 4. The predicted octanol–water partition coefficient (Wildman–Crippen LogP) is 3.97. The van der Waals surface area contributed by atoms with Gasteiger partial charge in [-0.2, -0.15) is 15.0 Å². The molecule has 3 aromatic carbocycles. The molecule has 10 nitrogen and oxygen atoms in total. The number of nitrogens with two attached hydrogens (primary N) is 1. The van der Waals surface area contributed by atoms with Gasteiger partial charge in [-0.15, -0.1) is 0 Å². The summed E-state index contributed by atoms with van der Waals surface area (Å²) in [7, 11) is 0. The number of carbonyl (C=O) groups is 3. The van der Waals surface area contributed by atoms with Gasteiger partial charge in [0.05, 0.1) is 22.4 Å². The smallest absolute Gasteiger partial charge is 0.338 e. The van der Waals surface area contributed by atoms with Crippen LogP contribution in [0.4, 0.5) is 23.3 Å². The second kappa shape index (κ2) is 9.50. The average Bonchev–Trinajstić information content (AvgIpc) is 3.13. The summed E-state index contributed by atoms with van der Waals surface area (Å²) in [6.07, 6.45) is 0. The highest BCUT2D eigenvalue weighted by Gasteiger charge is 2.37. The molecule has 0 unspecified atom stereocenters. The summed E-state index contributed by atoms with van der Waals surface area (Å²) >= 11 is 0. The summed E-state index contributed by atoms with van der Waals surface area (Å²) in [5.41, 5.74) is 9.36. The first kappa shape index (κ1) is 23.6. The van der Waals surface area contributed by atoms with E-state index in [1.807, 2.05) is 50.2 Å². The lowest BCUT2D eigenvalue weighted by atomic mass is 10.1. The van der Waals surface area contributed by atoms with Crippen molar-refractivity contribution >= 4 is 41.1 Å². The number of aryl methyl sites for hydroxylation is 2. The monoisotopic (exact) mass is 494 g/mol. The Morgan fingerprint density at radius 3 is 2.35 bits per heavy atom. The number of ether oxygens (including phenoxy) is 1. The molecule has 0 bridgehead atoms. The van der Waals surface area contributed by atoms with Gasteiger partial charge in [0.2, 0.25) is 11.9 Å². The fraction of sp³-hybridized carbons (Fsp3) is 0.111. The van der Waals surface area contributed by atoms with Gasteiger partial charge in [-0.3, -0.25) is 9.59 Å². The quantitative estimate of drug-likeness (QED) is 0.301. The summed E-state index contributed by atoms with van der Waals surface area (Å²) in [4.78, 5) is 52.2. The van der Waals surface area contributed by atoms with Gasteiger partial charge in [-0.25, -0.2) is 9.69 Å². The molecule has 1 aliphatic heterocycles. The largest absolute Gasteiger partial charge is 0.454 e. The Morgan fingerprint density at radius 2 is 1.59 bits per heavy atom. The van der Waals surface area contributed by atoms with Crippen LogP contribution in [0.2, 0.25) is 0 Å². The zero-order valence-electron chi connectivity index (χ0n) is 20.1. The Hall–Kier alpha value is -5.12. The number of nitrogens with one attached hydrogen (secondary N) is 1. The second-order valence-electron chi connectivity index (χ2n) is 8.44. The molecule has 2 heterocycles. The number of benzene rings is 3. The van der Waals surface area contributed by atoms with Gasteiger partial charge in [-0.05, 0) is 55.3 Å². The minimum atomic E-state index is -0.704. The Bertz CT molecular complexity index is 1570. The van der Waals surface area contributed by atoms with Crippen LogP contribution in [-0.2, 0) is 11.3 Å². The molecule has 0 spiro atoms. The first-order valence-electron chi connectivity index (χ1n) is 11.4. The number of hydrogen-bond donors (Lipinski definition) is 2. The molecule has 5 rings (SSSR count). The van der Waals surface area contributed by atoms with Crippen LogP contribution < -0.4 is 16.0 Å². The lowest BCUT2D eigenvalue weighted by molar-refractivity contribution is 0.0462. The maximum atomic E-state index is 13.1. The van der Waals surface area contributed by atoms with Crippen molar-refractivity contribution in [1.82, 2.24) is 15.0 Å². The van der Waals surface area contributed by atoms with Gasteiger partial charge < -0.3 is 15.8 Å². The highest BCUT2D eigenvalue weighted by molar-refractivity contribution is 6.34. The number of esters is 1. The molecule has 1 aromatic heterocycles. The molecule has 3 N–H and O–H groups in total. The maximum absolute atomic E-state index is 13.1. The van der Waals surface area contributed by atoms with Gasteiger partial charge in [-0.1, -0.05) is 36.4 Å². The van der Waals surface area contributed by atoms with Crippen molar-refractivity contribution < 1.29 is 19.1 Å². The van der Waals surface area contributed by atoms with Crippen molar-refractivity contribution in [1.29, 1.82) is 0 Å². The van der Waals surface area contributed by atoms with E-state index in [9.17, 15) is 14.4 Å². The van der Waals surface area contributed by atoms with Crippen molar-refractivity contribution in [2.24, 2.45) is 0 Å². The minimum Gasteiger partial charge on any atom is -0.454 e. The van der Waals surface area contributed by atoms with E-state index in [-0.39, 0.29) is 41.0 Å². The van der Waals surface area contributed by atoms with Crippen LogP contribution in [0.25, 0.3) is 0 Å². The van der Waals surface area contributed by atoms with Crippen LogP contribution in [0.15, 0.2) is 66.7 Å². The zero-order valence-corrected chi connectivity index (χ0v) is 20.1. The highest BCUT2D eigenvalue weighted by Crippen LogP contribution is 2.31. The normalized spacial score (nSPS) is 12.4. The number of anilines is 4. The molecule has 0 fully saturated rings. The molecule has 0 atom stereocenters. The molecule has 0 saturated heterocycles. The third-order valence-corrected chi connectivity index (χ3v) is 5.90. The first-order chi connectivity index (χ1) is 17.8. The number of rotatable bonds is 6. The van der Waals surface area contributed by atoms with E-state index >= 15 is 0 Å². The number of imide groups is 1. The molecular weight excluding hydrogens is 472 g/mol. The van der Waals surface area contributed by atoms with Gasteiger partial charge in [0.15, 0.2) is 12.4 Å². The van der Waals surface area contributed by atoms with E-state index in [0.29, 0.717) is 5.69 Å². The van der Waals surface area contributed by atoms with Crippen molar-refractivity contribution in [3.05, 3.63) is 100 Å². The molecule has 0 saturated carbocycles. The Balaban J connectivity index is 1.32. The average molecular weight is 495 g/mol. The fourth-order valence-electron chi connectivity index (χ4n) is 4.01. The lowest BCUT2D eigenvalue weighted by Gasteiger charge is -2.16. The number of nitrogen functional groups attached to an aromatic ring is 1. The molecule has 0 radical (unpaired) electrons. The summed E-state index contributed by atoms with van der Waals surface area (Å²) in [5, 5.41) is 3.07. The number of fused-ring (bicyclic) bond motifs is 1. The molecule has 1 aliphatic rings. The van der Waals surface area contributed by atoms with Crippen LogP contribution in [0.1, 0.15) is 48.0 Å². The van der Waals surface area contributed by atoms with Crippen molar-refractivity contribution in [2.45, 2.75) is 20.5 Å². The third-order valence-electron chi connectivity index (χ3n) is 5.90. The molecular formula is C27H22N6O4. The maximum Gasteiger partial charge on any atom is 0.338 e. The van der Waals surface area contributed by atoms with Gasteiger partial charge in [0.1, 0.15) is 0 Å².